The summed E-state index contributed by atoms with van der Waals surface area (Å²) in [7, 11) is 4.21. The molecule has 0 bridgehead atoms. The number of likely N-dealkylation sites (tertiary alicyclic amines) is 1. The molecule has 0 amide bonds. The number of para-hydroxylation sites is 2. The highest BCUT2D eigenvalue weighted by molar-refractivity contribution is 5.76. The van der Waals surface area contributed by atoms with E-state index in [1.807, 2.05) is 13.0 Å². The minimum atomic E-state index is -2.58. The number of hydrogen-bond donors (Lipinski definition) is 0. The molecular formula is C18H26F2N4. The molecule has 0 aliphatic carbocycles. The van der Waals surface area contributed by atoms with Gasteiger partial charge in [-0.1, -0.05) is 12.1 Å². The molecule has 0 spiro atoms. The van der Waals surface area contributed by atoms with Crippen LogP contribution in [0, 0.1) is 0 Å². The molecule has 24 heavy (non-hydrogen) atoms. The highest BCUT2D eigenvalue weighted by atomic mass is 19.3. The first-order valence-corrected chi connectivity index (χ1v) is 8.50. The standard InChI is InChI=1S/C18H26F2N4/c1-13(23-11-9-18(2,10-12-23)22(3)4)16-21-14-7-5-6-8-15(14)24(16)17(19)20/h5-8,13,17H,9-12H2,1-4H3. The summed E-state index contributed by atoms with van der Waals surface area (Å²) in [5.41, 5.74) is 1.32. The molecular weight excluding hydrogens is 310 g/mol. The highest BCUT2D eigenvalue weighted by Gasteiger charge is 2.35. The summed E-state index contributed by atoms with van der Waals surface area (Å²) in [6.07, 6.45) is 2.05. The number of aromatic nitrogens is 2. The Bertz CT molecular complexity index is 702. The number of benzene rings is 1. The van der Waals surface area contributed by atoms with Crippen LogP contribution in [0.4, 0.5) is 8.78 Å². The third-order valence-electron chi connectivity index (χ3n) is 5.69. The number of alkyl halides is 2. The quantitative estimate of drug-likeness (QED) is 0.846. The highest BCUT2D eigenvalue weighted by Crippen LogP contribution is 2.33. The zero-order valence-electron chi connectivity index (χ0n) is 14.8. The average molecular weight is 336 g/mol. The van der Waals surface area contributed by atoms with E-state index in [1.165, 1.54) is 0 Å². The smallest absolute Gasteiger partial charge is 0.304 e. The van der Waals surface area contributed by atoms with Gasteiger partial charge >= 0.3 is 6.55 Å². The zero-order chi connectivity index (χ0) is 17.5. The number of hydrogen-bond acceptors (Lipinski definition) is 3. The van der Waals surface area contributed by atoms with Gasteiger partial charge in [0.1, 0.15) is 5.82 Å². The molecule has 1 atom stereocenters. The average Bonchev–Trinajstić information content (AvgIpc) is 2.94. The fourth-order valence-electron chi connectivity index (χ4n) is 3.57. The van der Waals surface area contributed by atoms with E-state index in [-0.39, 0.29) is 11.6 Å². The van der Waals surface area contributed by atoms with Gasteiger partial charge in [0.25, 0.3) is 0 Å². The van der Waals surface area contributed by atoms with Crippen LogP contribution in [0.1, 0.15) is 45.1 Å². The van der Waals surface area contributed by atoms with Crippen molar-refractivity contribution < 1.29 is 8.78 Å². The third-order valence-corrected chi connectivity index (χ3v) is 5.69. The first kappa shape index (κ1) is 17.3. The molecule has 3 rings (SSSR count). The van der Waals surface area contributed by atoms with Gasteiger partial charge in [-0.2, -0.15) is 8.78 Å². The molecule has 1 unspecified atom stereocenters. The van der Waals surface area contributed by atoms with Crippen molar-refractivity contribution in [2.24, 2.45) is 0 Å². The minimum absolute atomic E-state index is 0.127. The van der Waals surface area contributed by atoms with E-state index in [0.717, 1.165) is 30.5 Å². The normalized spacial score (nSPS) is 20.2. The Balaban J connectivity index is 1.87. The second-order valence-electron chi connectivity index (χ2n) is 7.21. The lowest BCUT2D eigenvalue weighted by Gasteiger charge is -2.45. The molecule has 1 aliphatic heterocycles. The van der Waals surface area contributed by atoms with Crippen LogP contribution in [-0.4, -0.2) is 52.1 Å². The molecule has 2 heterocycles. The Morgan fingerprint density at radius 1 is 1.17 bits per heavy atom. The predicted molar refractivity (Wildman–Crippen MR) is 92.3 cm³/mol. The Morgan fingerprint density at radius 3 is 2.38 bits per heavy atom. The van der Waals surface area contributed by atoms with Crippen molar-refractivity contribution in [2.45, 2.75) is 44.8 Å². The molecule has 1 fully saturated rings. The number of piperidine rings is 1. The second kappa shape index (κ2) is 6.41. The first-order chi connectivity index (χ1) is 11.3. The number of nitrogens with zero attached hydrogens (tertiary/aromatic N) is 4. The summed E-state index contributed by atoms with van der Waals surface area (Å²) in [4.78, 5) is 9.05. The fourth-order valence-corrected chi connectivity index (χ4v) is 3.57. The molecule has 4 nitrogen and oxygen atoms in total. The Hall–Kier alpha value is -1.53. The van der Waals surface area contributed by atoms with Gasteiger partial charge < -0.3 is 4.90 Å². The molecule has 2 aromatic rings. The van der Waals surface area contributed by atoms with Crippen LogP contribution in [0.5, 0.6) is 0 Å². The van der Waals surface area contributed by atoms with E-state index in [4.69, 9.17) is 0 Å². The second-order valence-corrected chi connectivity index (χ2v) is 7.21. The van der Waals surface area contributed by atoms with Gasteiger partial charge in [0.15, 0.2) is 0 Å². The van der Waals surface area contributed by atoms with Crippen molar-refractivity contribution in [1.29, 1.82) is 0 Å². The van der Waals surface area contributed by atoms with E-state index < -0.39 is 6.55 Å². The number of rotatable bonds is 4. The van der Waals surface area contributed by atoms with Gasteiger partial charge in [0, 0.05) is 18.6 Å². The number of halogens is 2. The van der Waals surface area contributed by atoms with Crippen molar-refractivity contribution in [1.82, 2.24) is 19.4 Å². The third kappa shape index (κ3) is 2.93. The maximum Gasteiger partial charge on any atom is 0.320 e. The molecule has 1 saturated heterocycles. The molecule has 132 valence electrons. The van der Waals surface area contributed by atoms with Gasteiger partial charge in [0.05, 0.1) is 17.1 Å². The Morgan fingerprint density at radius 2 is 1.79 bits per heavy atom. The summed E-state index contributed by atoms with van der Waals surface area (Å²) >= 11 is 0. The van der Waals surface area contributed by atoms with E-state index >= 15 is 0 Å². The van der Waals surface area contributed by atoms with Gasteiger partial charge in [0.2, 0.25) is 0 Å². The fraction of sp³-hybridized carbons (Fsp3) is 0.611. The van der Waals surface area contributed by atoms with E-state index in [2.05, 4.69) is 35.8 Å². The monoisotopic (exact) mass is 336 g/mol. The van der Waals surface area contributed by atoms with Crippen molar-refractivity contribution >= 4 is 11.0 Å². The summed E-state index contributed by atoms with van der Waals surface area (Å²) in [6, 6.07) is 7.00. The minimum Gasteiger partial charge on any atom is -0.304 e. The van der Waals surface area contributed by atoms with Crippen LogP contribution in [0.2, 0.25) is 0 Å². The van der Waals surface area contributed by atoms with Gasteiger partial charge in [-0.05, 0) is 52.9 Å². The van der Waals surface area contributed by atoms with Gasteiger partial charge in [-0.15, -0.1) is 0 Å². The van der Waals surface area contributed by atoms with Crippen molar-refractivity contribution in [2.75, 3.05) is 27.2 Å². The molecule has 1 aromatic carbocycles. The van der Waals surface area contributed by atoms with Crippen LogP contribution in [0.15, 0.2) is 24.3 Å². The lowest BCUT2D eigenvalue weighted by atomic mass is 9.88. The van der Waals surface area contributed by atoms with Crippen LogP contribution in [-0.2, 0) is 0 Å². The SMILES string of the molecule is CC(c1nc2ccccc2n1C(F)F)N1CCC(C)(N(C)C)CC1. The summed E-state index contributed by atoms with van der Waals surface area (Å²) in [5.74, 6) is 0.458. The van der Waals surface area contributed by atoms with Crippen LogP contribution in [0.3, 0.4) is 0 Å². The summed E-state index contributed by atoms with van der Waals surface area (Å²) in [5, 5.41) is 0. The zero-order valence-corrected chi connectivity index (χ0v) is 14.8. The molecule has 0 radical (unpaired) electrons. The molecule has 1 aliphatic rings. The molecule has 0 N–H and O–H groups in total. The van der Waals surface area contributed by atoms with Gasteiger partial charge in [-0.3, -0.25) is 9.47 Å². The topological polar surface area (TPSA) is 24.3 Å². The largest absolute Gasteiger partial charge is 0.320 e. The van der Waals surface area contributed by atoms with Crippen LogP contribution in [0.25, 0.3) is 11.0 Å². The van der Waals surface area contributed by atoms with Crippen molar-refractivity contribution in [3.8, 4) is 0 Å². The molecule has 6 heteroatoms. The van der Waals surface area contributed by atoms with Gasteiger partial charge in [-0.25, -0.2) is 4.98 Å². The molecule has 0 saturated carbocycles. The lowest BCUT2D eigenvalue weighted by Crippen LogP contribution is -2.51. The maximum atomic E-state index is 13.6. The number of imidazole rings is 1. The van der Waals surface area contributed by atoms with Crippen LogP contribution < -0.4 is 0 Å². The number of fused-ring (bicyclic) bond motifs is 1. The lowest BCUT2D eigenvalue weighted by molar-refractivity contribution is 0.0391. The maximum absolute atomic E-state index is 13.6. The van der Waals surface area contributed by atoms with E-state index in [0.29, 0.717) is 16.9 Å². The first-order valence-electron chi connectivity index (χ1n) is 8.50. The summed E-state index contributed by atoms with van der Waals surface area (Å²) < 4.78 is 28.4. The van der Waals surface area contributed by atoms with E-state index in [1.54, 1.807) is 18.2 Å². The molecule has 1 aromatic heterocycles. The van der Waals surface area contributed by atoms with Crippen molar-refractivity contribution in [3.63, 3.8) is 0 Å². The Labute approximate surface area is 142 Å². The van der Waals surface area contributed by atoms with Crippen LogP contribution >= 0.6 is 0 Å². The van der Waals surface area contributed by atoms with E-state index in [9.17, 15) is 8.78 Å². The summed E-state index contributed by atoms with van der Waals surface area (Å²) in [6.45, 7) is 3.46. The van der Waals surface area contributed by atoms with Crippen molar-refractivity contribution in [3.05, 3.63) is 30.1 Å². The Kier molecular flexibility index (Phi) is 4.62. The predicted octanol–water partition coefficient (Wildman–Crippen LogP) is 3.91.